The normalized spacial score (nSPS) is 16.5. The zero-order valence-electron chi connectivity index (χ0n) is 13.2. The highest BCUT2D eigenvalue weighted by atomic mass is 32.2. The van der Waals surface area contributed by atoms with Crippen LogP contribution in [0.3, 0.4) is 0 Å². The van der Waals surface area contributed by atoms with Crippen molar-refractivity contribution in [3.8, 4) is 11.3 Å². The van der Waals surface area contributed by atoms with Gasteiger partial charge >= 0.3 is 0 Å². The minimum absolute atomic E-state index is 0.343. The summed E-state index contributed by atoms with van der Waals surface area (Å²) < 4.78 is 28.8. The van der Waals surface area contributed by atoms with Crippen molar-refractivity contribution in [2.75, 3.05) is 13.1 Å². The lowest BCUT2D eigenvalue weighted by atomic mass is 10.2. The van der Waals surface area contributed by atoms with Crippen molar-refractivity contribution in [3.63, 3.8) is 0 Å². The number of rotatable bonds is 3. The molecular weight excluding hydrogens is 324 g/mol. The van der Waals surface area contributed by atoms with Crippen LogP contribution in [-0.2, 0) is 10.0 Å². The van der Waals surface area contributed by atoms with E-state index >= 15 is 0 Å². The van der Waals surface area contributed by atoms with E-state index in [4.69, 9.17) is 0 Å². The van der Waals surface area contributed by atoms with Gasteiger partial charge in [-0.2, -0.15) is 4.31 Å². The van der Waals surface area contributed by atoms with Crippen molar-refractivity contribution in [2.45, 2.75) is 24.2 Å². The molecular formula is C17H18N4O2S. The van der Waals surface area contributed by atoms with Crippen molar-refractivity contribution in [1.29, 1.82) is 0 Å². The number of fused-ring (bicyclic) bond motifs is 1. The van der Waals surface area contributed by atoms with Crippen LogP contribution in [0.4, 0.5) is 0 Å². The van der Waals surface area contributed by atoms with E-state index < -0.39 is 10.0 Å². The van der Waals surface area contributed by atoms with Crippen LogP contribution < -0.4 is 0 Å². The fourth-order valence-electron chi connectivity index (χ4n) is 3.02. The van der Waals surface area contributed by atoms with E-state index in [1.54, 1.807) is 34.8 Å². The first-order chi connectivity index (χ1) is 11.6. The van der Waals surface area contributed by atoms with E-state index in [1.165, 1.54) is 0 Å². The fraction of sp³-hybridized carbons (Fsp3) is 0.294. The summed E-state index contributed by atoms with van der Waals surface area (Å²) in [7, 11) is -3.39. The third-order valence-electron chi connectivity index (χ3n) is 4.34. The molecule has 0 saturated carbocycles. The van der Waals surface area contributed by atoms with Crippen molar-refractivity contribution >= 4 is 15.8 Å². The molecule has 3 aromatic rings. The average Bonchev–Trinajstić information content (AvgIpc) is 3.07. The van der Waals surface area contributed by atoms with Gasteiger partial charge in [-0.3, -0.25) is 4.40 Å². The predicted molar refractivity (Wildman–Crippen MR) is 91.0 cm³/mol. The molecule has 1 saturated heterocycles. The number of sulfonamides is 1. The van der Waals surface area contributed by atoms with Gasteiger partial charge < -0.3 is 0 Å². The number of benzene rings is 1. The van der Waals surface area contributed by atoms with Crippen LogP contribution >= 0.6 is 0 Å². The first kappa shape index (κ1) is 15.3. The van der Waals surface area contributed by atoms with Crippen LogP contribution in [0.15, 0.2) is 53.8 Å². The molecule has 1 fully saturated rings. The molecule has 0 N–H and O–H groups in total. The zero-order chi connectivity index (χ0) is 16.6. The summed E-state index contributed by atoms with van der Waals surface area (Å²) in [6.45, 7) is 1.23. The number of hydrogen-bond acceptors (Lipinski definition) is 4. The molecule has 1 aromatic carbocycles. The maximum absolute atomic E-state index is 12.7. The average molecular weight is 342 g/mol. The Morgan fingerprint density at radius 3 is 2.46 bits per heavy atom. The van der Waals surface area contributed by atoms with Crippen molar-refractivity contribution in [3.05, 3.63) is 48.9 Å². The predicted octanol–water partition coefficient (Wildman–Crippen LogP) is 2.57. The molecule has 7 heteroatoms. The van der Waals surface area contributed by atoms with Gasteiger partial charge in [-0.25, -0.2) is 18.4 Å². The number of aromatic nitrogens is 3. The Kier molecular flexibility index (Phi) is 3.82. The van der Waals surface area contributed by atoms with Gasteiger partial charge in [-0.1, -0.05) is 18.6 Å². The number of imidazole rings is 1. The third kappa shape index (κ3) is 2.70. The standard InChI is InChI=1S/C17H18N4O2S/c22-24(23,21-11-2-1-3-12-21)15-7-5-14(6-8-15)16-13-20-10-4-9-18-17(20)19-16/h4-10,13H,1-3,11-12H2. The summed E-state index contributed by atoms with van der Waals surface area (Å²) >= 11 is 0. The van der Waals surface area contributed by atoms with Crippen LogP contribution in [0.1, 0.15) is 19.3 Å². The first-order valence-electron chi connectivity index (χ1n) is 8.05. The second-order valence-corrected chi connectivity index (χ2v) is 7.88. The lowest BCUT2D eigenvalue weighted by molar-refractivity contribution is 0.346. The Hall–Kier alpha value is -2.25. The molecule has 0 amide bonds. The van der Waals surface area contributed by atoms with Gasteiger partial charge in [0.05, 0.1) is 10.6 Å². The molecule has 24 heavy (non-hydrogen) atoms. The Balaban J connectivity index is 1.64. The number of piperidine rings is 1. The second kappa shape index (κ2) is 5.99. The highest BCUT2D eigenvalue weighted by Crippen LogP contribution is 2.24. The van der Waals surface area contributed by atoms with Gasteiger partial charge in [0.2, 0.25) is 15.8 Å². The first-order valence-corrected chi connectivity index (χ1v) is 9.49. The molecule has 0 spiro atoms. The topological polar surface area (TPSA) is 67.6 Å². The fourth-order valence-corrected chi connectivity index (χ4v) is 4.54. The molecule has 0 unspecified atom stereocenters. The summed E-state index contributed by atoms with van der Waals surface area (Å²) in [6.07, 6.45) is 8.44. The number of hydrogen-bond donors (Lipinski definition) is 0. The van der Waals surface area contributed by atoms with E-state index in [-0.39, 0.29) is 0 Å². The summed E-state index contributed by atoms with van der Waals surface area (Å²) in [5.41, 5.74) is 1.65. The molecule has 6 nitrogen and oxygen atoms in total. The minimum Gasteiger partial charge on any atom is -0.291 e. The summed E-state index contributed by atoms with van der Waals surface area (Å²) in [4.78, 5) is 8.99. The smallest absolute Gasteiger partial charge is 0.243 e. The van der Waals surface area contributed by atoms with Crippen LogP contribution in [-0.4, -0.2) is 40.2 Å². The molecule has 3 heterocycles. The zero-order valence-corrected chi connectivity index (χ0v) is 14.0. The van der Waals surface area contributed by atoms with Crippen LogP contribution in [0, 0.1) is 0 Å². The highest BCUT2D eigenvalue weighted by Gasteiger charge is 2.25. The van der Waals surface area contributed by atoms with Gasteiger partial charge in [-0.15, -0.1) is 0 Å². The van der Waals surface area contributed by atoms with Gasteiger partial charge in [-0.05, 0) is 31.0 Å². The van der Waals surface area contributed by atoms with E-state index in [0.717, 1.165) is 30.5 Å². The molecule has 0 aliphatic carbocycles. The SMILES string of the molecule is O=S(=O)(c1ccc(-c2cn3cccnc3n2)cc1)N1CCCCC1. The Morgan fingerprint density at radius 1 is 1.00 bits per heavy atom. The molecule has 0 radical (unpaired) electrons. The second-order valence-electron chi connectivity index (χ2n) is 5.94. The van der Waals surface area contributed by atoms with Crippen molar-refractivity contribution in [2.24, 2.45) is 0 Å². The molecule has 124 valence electrons. The summed E-state index contributed by atoms with van der Waals surface area (Å²) in [5, 5.41) is 0. The molecule has 4 rings (SSSR count). The quantitative estimate of drug-likeness (QED) is 0.734. The maximum atomic E-state index is 12.7. The van der Waals surface area contributed by atoms with Gasteiger partial charge in [0, 0.05) is 37.2 Å². The summed E-state index contributed by atoms with van der Waals surface area (Å²) in [6, 6.07) is 8.78. The molecule has 1 aliphatic heterocycles. The lowest BCUT2D eigenvalue weighted by Crippen LogP contribution is -2.35. The highest BCUT2D eigenvalue weighted by molar-refractivity contribution is 7.89. The molecule has 2 aromatic heterocycles. The molecule has 1 aliphatic rings. The third-order valence-corrected chi connectivity index (χ3v) is 6.25. The van der Waals surface area contributed by atoms with E-state index in [1.807, 2.05) is 22.9 Å². The van der Waals surface area contributed by atoms with Crippen molar-refractivity contribution in [1.82, 2.24) is 18.7 Å². The van der Waals surface area contributed by atoms with Gasteiger partial charge in [0.1, 0.15) is 0 Å². The maximum Gasteiger partial charge on any atom is 0.243 e. The largest absolute Gasteiger partial charge is 0.291 e. The van der Waals surface area contributed by atoms with Gasteiger partial charge in [0.15, 0.2) is 0 Å². The van der Waals surface area contributed by atoms with Crippen LogP contribution in [0.5, 0.6) is 0 Å². The Bertz CT molecular complexity index is 925. The van der Waals surface area contributed by atoms with E-state index in [2.05, 4.69) is 9.97 Å². The van der Waals surface area contributed by atoms with Gasteiger partial charge in [0.25, 0.3) is 0 Å². The van der Waals surface area contributed by atoms with E-state index in [9.17, 15) is 8.42 Å². The number of nitrogens with zero attached hydrogens (tertiary/aromatic N) is 4. The Labute approximate surface area is 140 Å². The van der Waals surface area contributed by atoms with E-state index in [0.29, 0.717) is 23.8 Å². The van der Waals surface area contributed by atoms with Crippen LogP contribution in [0.25, 0.3) is 17.0 Å². The summed E-state index contributed by atoms with van der Waals surface area (Å²) in [5.74, 6) is 0.623. The Morgan fingerprint density at radius 2 is 1.75 bits per heavy atom. The molecule has 0 bridgehead atoms. The minimum atomic E-state index is -3.39. The lowest BCUT2D eigenvalue weighted by Gasteiger charge is -2.25. The van der Waals surface area contributed by atoms with Crippen LogP contribution in [0.2, 0.25) is 0 Å². The van der Waals surface area contributed by atoms with Crippen molar-refractivity contribution < 1.29 is 8.42 Å². The molecule has 0 atom stereocenters. The monoisotopic (exact) mass is 342 g/mol.